The standard InChI is InChI=1S/C25H35O3P/c1-17(2)14-19-16-20(24(4,5)6)11-13-22(19)27-29(26)28-23-12-10-18(3)15-21(23)25(7,8)9/h10-16,26H,1-9H3. The molecule has 0 fully saturated rings. The molecule has 0 aliphatic carbocycles. The van der Waals surface area contributed by atoms with E-state index in [9.17, 15) is 4.89 Å². The minimum Gasteiger partial charge on any atom is -0.418 e. The maximum atomic E-state index is 10.6. The zero-order valence-electron chi connectivity index (χ0n) is 19.3. The maximum absolute atomic E-state index is 10.6. The minimum atomic E-state index is -2.11. The van der Waals surface area contributed by atoms with Crippen LogP contribution in [0.15, 0.2) is 42.0 Å². The van der Waals surface area contributed by atoms with Gasteiger partial charge in [-0.2, -0.15) is 0 Å². The molecule has 4 heteroatoms. The van der Waals surface area contributed by atoms with Gasteiger partial charge < -0.3 is 13.9 Å². The van der Waals surface area contributed by atoms with E-state index in [0.29, 0.717) is 11.5 Å². The molecule has 0 aliphatic rings. The Hall–Kier alpha value is -1.83. The predicted octanol–water partition coefficient (Wildman–Crippen LogP) is 7.69. The van der Waals surface area contributed by atoms with Crippen LogP contribution in [0.2, 0.25) is 0 Å². The molecule has 0 saturated heterocycles. The monoisotopic (exact) mass is 414 g/mol. The van der Waals surface area contributed by atoms with Crippen molar-refractivity contribution in [2.45, 2.75) is 73.1 Å². The Morgan fingerprint density at radius 3 is 2.00 bits per heavy atom. The largest absolute Gasteiger partial charge is 0.460 e. The van der Waals surface area contributed by atoms with E-state index in [1.54, 1.807) is 0 Å². The molecule has 2 aromatic carbocycles. The Morgan fingerprint density at radius 1 is 0.862 bits per heavy atom. The van der Waals surface area contributed by atoms with E-state index in [1.807, 2.05) is 38.1 Å². The normalized spacial score (nSPS) is 13.0. The summed E-state index contributed by atoms with van der Waals surface area (Å²) in [5.74, 6) is 1.28. The third-order valence-corrected chi connectivity index (χ3v) is 5.32. The lowest BCUT2D eigenvalue weighted by Crippen LogP contribution is -2.13. The van der Waals surface area contributed by atoms with Crippen LogP contribution < -0.4 is 9.05 Å². The SMILES string of the molecule is CC(C)=Cc1cc(C(C)(C)C)ccc1OP(O)Oc1ccc(C)cc1C(C)(C)C. The van der Waals surface area contributed by atoms with Crippen LogP contribution >= 0.6 is 8.60 Å². The first-order chi connectivity index (χ1) is 13.3. The third-order valence-electron chi connectivity index (χ3n) is 4.62. The first-order valence-corrected chi connectivity index (χ1v) is 11.2. The number of hydrogen-bond donors (Lipinski definition) is 1. The number of aryl methyl sites for hydroxylation is 1. The van der Waals surface area contributed by atoms with Gasteiger partial charge in [0.25, 0.3) is 0 Å². The molecular formula is C25H35O3P. The third kappa shape index (κ3) is 6.59. The summed E-state index contributed by atoms with van der Waals surface area (Å²) in [6, 6.07) is 12.1. The van der Waals surface area contributed by atoms with Crippen molar-refractivity contribution in [1.82, 2.24) is 0 Å². The van der Waals surface area contributed by atoms with Gasteiger partial charge in [-0.05, 0) is 55.4 Å². The molecule has 3 nitrogen and oxygen atoms in total. The van der Waals surface area contributed by atoms with Gasteiger partial charge in [0.1, 0.15) is 11.5 Å². The van der Waals surface area contributed by atoms with Gasteiger partial charge in [-0.1, -0.05) is 77.0 Å². The average molecular weight is 415 g/mol. The van der Waals surface area contributed by atoms with Gasteiger partial charge in [0.05, 0.1) is 0 Å². The molecule has 1 N–H and O–H groups in total. The number of benzene rings is 2. The van der Waals surface area contributed by atoms with Gasteiger partial charge in [0.2, 0.25) is 0 Å². The summed E-state index contributed by atoms with van der Waals surface area (Å²) in [5, 5.41) is 0. The van der Waals surface area contributed by atoms with Crippen molar-refractivity contribution >= 4 is 14.7 Å². The number of rotatable bonds is 5. The molecule has 1 unspecified atom stereocenters. The number of hydrogen-bond acceptors (Lipinski definition) is 3. The van der Waals surface area contributed by atoms with Gasteiger partial charge in [-0.15, -0.1) is 0 Å². The van der Waals surface area contributed by atoms with E-state index in [4.69, 9.17) is 9.05 Å². The molecule has 0 aromatic heterocycles. The Balaban J connectivity index is 2.32. The van der Waals surface area contributed by atoms with Crippen molar-refractivity contribution in [2.75, 3.05) is 0 Å². The van der Waals surface area contributed by atoms with Gasteiger partial charge >= 0.3 is 8.60 Å². The fourth-order valence-corrected chi connectivity index (χ4v) is 3.72. The second kappa shape index (κ2) is 8.90. The van der Waals surface area contributed by atoms with Gasteiger partial charge in [0.15, 0.2) is 0 Å². The van der Waals surface area contributed by atoms with Crippen LogP contribution in [-0.2, 0) is 10.8 Å². The molecule has 0 bridgehead atoms. The van der Waals surface area contributed by atoms with Crippen LogP contribution in [0.5, 0.6) is 11.5 Å². The minimum absolute atomic E-state index is 0.0344. The molecule has 0 saturated carbocycles. The molecule has 0 heterocycles. The second-order valence-electron chi connectivity index (χ2n) is 9.89. The van der Waals surface area contributed by atoms with Crippen LogP contribution in [0.4, 0.5) is 0 Å². The molecule has 0 amide bonds. The average Bonchev–Trinajstić information content (AvgIpc) is 2.55. The highest BCUT2D eigenvalue weighted by Crippen LogP contribution is 2.43. The predicted molar refractivity (Wildman–Crippen MR) is 125 cm³/mol. The van der Waals surface area contributed by atoms with Crippen molar-refractivity contribution in [3.05, 3.63) is 64.2 Å². The van der Waals surface area contributed by atoms with E-state index in [0.717, 1.165) is 22.3 Å². The molecule has 0 radical (unpaired) electrons. The van der Waals surface area contributed by atoms with E-state index in [-0.39, 0.29) is 10.8 Å². The van der Waals surface area contributed by atoms with E-state index in [1.165, 1.54) is 5.56 Å². The highest BCUT2D eigenvalue weighted by molar-refractivity contribution is 7.41. The summed E-state index contributed by atoms with van der Waals surface area (Å²) < 4.78 is 11.7. The van der Waals surface area contributed by atoms with Gasteiger partial charge in [-0.25, -0.2) is 0 Å². The summed E-state index contributed by atoms with van der Waals surface area (Å²) in [4.78, 5) is 10.6. The molecule has 0 spiro atoms. The lowest BCUT2D eigenvalue weighted by Gasteiger charge is -2.24. The topological polar surface area (TPSA) is 38.7 Å². The van der Waals surface area contributed by atoms with E-state index < -0.39 is 8.60 Å². The molecule has 29 heavy (non-hydrogen) atoms. The van der Waals surface area contributed by atoms with Crippen molar-refractivity contribution in [2.24, 2.45) is 0 Å². The Labute approximate surface area is 177 Å². The first-order valence-electron chi connectivity index (χ1n) is 10.0. The molecular weight excluding hydrogens is 379 g/mol. The Kier molecular flexibility index (Phi) is 7.19. The summed E-state index contributed by atoms with van der Waals surface area (Å²) in [6.45, 7) is 19.1. The lowest BCUT2D eigenvalue weighted by atomic mass is 9.85. The fraction of sp³-hybridized carbons (Fsp3) is 0.440. The first kappa shape index (κ1) is 23.4. The zero-order valence-corrected chi connectivity index (χ0v) is 20.1. The second-order valence-corrected chi connectivity index (χ2v) is 10.7. The van der Waals surface area contributed by atoms with Crippen LogP contribution in [0.25, 0.3) is 6.08 Å². The molecule has 0 aliphatic heterocycles. The van der Waals surface area contributed by atoms with Crippen LogP contribution in [-0.4, -0.2) is 4.89 Å². The fourth-order valence-electron chi connectivity index (χ4n) is 3.02. The summed E-state index contributed by atoms with van der Waals surface area (Å²) >= 11 is 0. The number of allylic oxidation sites excluding steroid dienone is 1. The molecule has 2 rings (SSSR count). The van der Waals surface area contributed by atoms with E-state index in [2.05, 4.69) is 66.7 Å². The summed E-state index contributed by atoms with van der Waals surface area (Å²) in [6.07, 6.45) is 2.07. The van der Waals surface area contributed by atoms with Crippen molar-refractivity contribution in [3.63, 3.8) is 0 Å². The Morgan fingerprint density at radius 2 is 1.45 bits per heavy atom. The summed E-state index contributed by atoms with van der Waals surface area (Å²) in [5.41, 5.74) is 5.48. The van der Waals surface area contributed by atoms with Crippen LogP contribution in [0.1, 0.15) is 77.6 Å². The van der Waals surface area contributed by atoms with Gasteiger partial charge in [-0.3, -0.25) is 0 Å². The smallest absolute Gasteiger partial charge is 0.418 e. The van der Waals surface area contributed by atoms with Crippen molar-refractivity contribution in [1.29, 1.82) is 0 Å². The summed E-state index contributed by atoms with van der Waals surface area (Å²) in [7, 11) is -2.11. The quantitative estimate of drug-likeness (QED) is 0.510. The maximum Gasteiger partial charge on any atom is 0.460 e. The van der Waals surface area contributed by atoms with E-state index >= 15 is 0 Å². The lowest BCUT2D eigenvalue weighted by molar-refractivity contribution is 0.375. The highest BCUT2D eigenvalue weighted by atomic mass is 31.2. The molecule has 2 aromatic rings. The molecule has 1 atom stereocenters. The van der Waals surface area contributed by atoms with Crippen LogP contribution in [0.3, 0.4) is 0 Å². The Bertz CT molecular complexity index is 882. The molecule has 158 valence electrons. The highest BCUT2D eigenvalue weighted by Gasteiger charge is 2.23. The van der Waals surface area contributed by atoms with Crippen molar-refractivity contribution < 1.29 is 13.9 Å². The zero-order chi connectivity index (χ0) is 22.0. The van der Waals surface area contributed by atoms with Crippen molar-refractivity contribution in [3.8, 4) is 11.5 Å². The van der Waals surface area contributed by atoms with Gasteiger partial charge in [0, 0.05) is 11.1 Å². The van der Waals surface area contributed by atoms with Crippen LogP contribution in [0, 0.1) is 6.92 Å².